The van der Waals surface area contributed by atoms with E-state index >= 15 is 0 Å². The van der Waals surface area contributed by atoms with Crippen LogP contribution >= 0.6 is 0 Å². The SMILES string of the molecule is CCCC[C@@H](NC(=O)[C@@H](C)Oc1ccc2c(C)c(C)c(=O)oc2c1)C(=O)O. The average molecular weight is 375 g/mol. The summed E-state index contributed by atoms with van der Waals surface area (Å²) in [6.07, 6.45) is 1.01. The summed E-state index contributed by atoms with van der Waals surface area (Å²) in [5, 5.41) is 12.5. The molecule has 1 amide bonds. The summed E-state index contributed by atoms with van der Waals surface area (Å²) in [7, 11) is 0. The molecule has 0 aliphatic carbocycles. The van der Waals surface area contributed by atoms with Crippen molar-refractivity contribution in [1.82, 2.24) is 5.32 Å². The number of carboxylic acid groups (broad SMARTS) is 1. The minimum atomic E-state index is -1.07. The molecule has 0 aliphatic heterocycles. The zero-order chi connectivity index (χ0) is 20.1. The molecule has 7 heteroatoms. The number of hydrogen-bond acceptors (Lipinski definition) is 5. The first-order valence-corrected chi connectivity index (χ1v) is 8.98. The molecule has 1 aromatic carbocycles. The van der Waals surface area contributed by atoms with E-state index in [2.05, 4.69) is 5.32 Å². The number of benzene rings is 1. The maximum atomic E-state index is 12.3. The number of fused-ring (bicyclic) bond motifs is 1. The van der Waals surface area contributed by atoms with Gasteiger partial charge < -0.3 is 19.6 Å². The standard InChI is InChI=1S/C20H25NO6/c1-5-6-7-16(19(23)24)21-18(22)13(4)26-14-8-9-15-11(2)12(3)20(25)27-17(15)10-14/h8-10,13,16H,5-7H2,1-4H3,(H,21,22)(H,23,24)/t13-,16-/m1/s1. The lowest BCUT2D eigenvalue weighted by Crippen LogP contribution is -2.46. The Labute approximate surface area is 157 Å². The monoisotopic (exact) mass is 375 g/mol. The Bertz CT molecular complexity index is 901. The molecule has 0 radical (unpaired) electrons. The molecule has 2 rings (SSSR count). The van der Waals surface area contributed by atoms with Gasteiger partial charge in [-0.3, -0.25) is 4.79 Å². The lowest BCUT2D eigenvalue weighted by molar-refractivity contribution is -0.143. The van der Waals surface area contributed by atoms with Crippen LogP contribution in [0, 0.1) is 13.8 Å². The summed E-state index contributed by atoms with van der Waals surface area (Å²) in [5.74, 6) is -1.22. The van der Waals surface area contributed by atoms with Crippen molar-refractivity contribution in [2.45, 2.75) is 59.1 Å². The Balaban J connectivity index is 2.13. The van der Waals surface area contributed by atoms with Gasteiger partial charge in [-0.15, -0.1) is 0 Å². The first-order valence-electron chi connectivity index (χ1n) is 8.98. The van der Waals surface area contributed by atoms with Gasteiger partial charge in [0.1, 0.15) is 17.4 Å². The van der Waals surface area contributed by atoms with Gasteiger partial charge in [-0.25, -0.2) is 9.59 Å². The molecule has 2 N–H and O–H groups in total. The first-order chi connectivity index (χ1) is 12.7. The number of aliphatic carboxylic acids is 1. The summed E-state index contributed by atoms with van der Waals surface area (Å²) in [4.78, 5) is 35.4. The van der Waals surface area contributed by atoms with Crippen LogP contribution in [0.5, 0.6) is 5.75 Å². The summed E-state index contributed by atoms with van der Waals surface area (Å²) < 4.78 is 10.9. The maximum Gasteiger partial charge on any atom is 0.339 e. The van der Waals surface area contributed by atoms with E-state index in [1.54, 1.807) is 25.1 Å². The maximum absolute atomic E-state index is 12.3. The molecule has 0 saturated heterocycles. The molecule has 1 aromatic heterocycles. The molecular weight excluding hydrogens is 350 g/mol. The van der Waals surface area contributed by atoms with Crippen molar-refractivity contribution in [2.75, 3.05) is 0 Å². The number of hydrogen-bond donors (Lipinski definition) is 2. The van der Waals surface area contributed by atoms with Gasteiger partial charge in [0.15, 0.2) is 6.10 Å². The van der Waals surface area contributed by atoms with E-state index < -0.39 is 29.6 Å². The Morgan fingerprint density at radius 3 is 2.59 bits per heavy atom. The van der Waals surface area contributed by atoms with Crippen LogP contribution in [0.15, 0.2) is 27.4 Å². The van der Waals surface area contributed by atoms with Crippen LogP contribution < -0.4 is 15.7 Å². The first kappa shape index (κ1) is 20.5. The van der Waals surface area contributed by atoms with Crippen molar-refractivity contribution in [3.63, 3.8) is 0 Å². The molecular formula is C20H25NO6. The highest BCUT2D eigenvalue weighted by Crippen LogP contribution is 2.24. The summed E-state index contributed by atoms with van der Waals surface area (Å²) >= 11 is 0. The number of aryl methyl sites for hydroxylation is 1. The van der Waals surface area contributed by atoms with Crippen LogP contribution in [0.25, 0.3) is 11.0 Å². The highest BCUT2D eigenvalue weighted by Gasteiger charge is 2.23. The normalized spacial score (nSPS) is 13.2. The number of rotatable bonds is 8. The highest BCUT2D eigenvalue weighted by molar-refractivity contribution is 5.86. The zero-order valence-corrected chi connectivity index (χ0v) is 16.0. The Morgan fingerprint density at radius 2 is 1.96 bits per heavy atom. The number of ether oxygens (including phenoxy) is 1. The van der Waals surface area contributed by atoms with E-state index in [0.717, 1.165) is 17.4 Å². The van der Waals surface area contributed by atoms with Gasteiger partial charge in [-0.1, -0.05) is 19.8 Å². The summed E-state index contributed by atoms with van der Waals surface area (Å²) in [6, 6.07) is 4.06. The van der Waals surface area contributed by atoms with Crippen molar-refractivity contribution in [1.29, 1.82) is 0 Å². The third-order valence-corrected chi connectivity index (χ3v) is 4.57. The second-order valence-corrected chi connectivity index (χ2v) is 6.60. The quantitative estimate of drug-likeness (QED) is 0.687. The summed E-state index contributed by atoms with van der Waals surface area (Å²) in [6.45, 7) is 7.03. The van der Waals surface area contributed by atoms with E-state index in [4.69, 9.17) is 9.15 Å². The van der Waals surface area contributed by atoms with Gasteiger partial charge in [0.25, 0.3) is 5.91 Å². The highest BCUT2D eigenvalue weighted by atomic mass is 16.5. The van der Waals surface area contributed by atoms with Gasteiger partial charge >= 0.3 is 11.6 Å². The van der Waals surface area contributed by atoms with E-state index in [1.807, 2.05) is 13.8 Å². The van der Waals surface area contributed by atoms with Gasteiger partial charge in [-0.05, 0) is 44.9 Å². The number of carbonyl (C=O) groups excluding carboxylic acids is 1. The van der Waals surface area contributed by atoms with Crippen LogP contribution in [0.2, 0.25) is 0 Å². The molecule has 0 unspecified atom stereocenters. The minimum absolute atomic E-state index is 0.358. The molecule has 0 saturated carbocycles. The van der Waals surface area contributed by atoms with Crippen LogP contribution in [-0.4, -0.2) is 29.1 Å². The van der Waals surface area contributed by atoms with E-state index in [-0.39, 0.29) is 0 Å². The van der Waals surface area contributed by atoms with E-state index in [0.29, 0.717) is 29.7 Å². The second kappa shape index (κ2) is 8.70. The number of amides is 1. The van der Waals surface area contributed by atoms with Crippen LogP contribution in [-0.2, 0) is 9.59 Å². The predicted octanol–water partition coefficient (Wildman–Crippen LogP) is 2.94. The molecule has 7 nitrogen and oxygen atoms in total. The number of carboxylic acids is 1. The molecule has 0 fully saturated rings. The van der Waals surface area contributed by atoms with Crippen LogP contribution in [0.1, 0.15) is 44.2 Å². The summed E-state index contributed by atoms with van der Waals surface area (Å²) in [5.41, 5.74) is 1.34. The minimum Gasteiger partial charge on any atom is -0.481 e. The number of nitrogens with one attached hydrogen (secondary N) is 1. The molecule has 2 atom stereocenters. The smallest absolute Gasteiger partial charge is 0.339 e. The fourth-order valence-electron chi connectivity index (χ4n) is 2.71. The molecule has 27 heavy (non-hydrogen) atoms. The second-order valence-electron chi connectivity index (χ2n) is 6.60. The largest absolute Gasteiger partial charge is 0.481 e. The van der Waals surface area contributed by atoms with Crippen LogP contribution in [0.3, 0.4) is 0 Å². The van der Waals surface area contributed by atoms with Gasteiger partial charge in [0.05, 0.1) is 0 Å². The Hall–Kier alpha value is -2.83. The Morgan fingerprint density at radius 1 is 1.26 bits per heavy atom. The Kier molecular flexibility index (Phi) is 6.60. The molecule has 0 aliphatic rings. The van der Waals surface area contributed by atoms with Gasteiger partial charge in [-0.2, -0.15) is 0 Å². The molecule has 1 heterocycles. The van der Waals surface area contributed by atoms with Crippen molar-refractivity contribution in [3.8, 4) is 5.75 Å². The molecule has 0 spiro atoms. The fraction of sp³-hybridized carbons (Fsp3) is 0.450. The van der Waals surface area contributed by atoms with Crippen molar-refractivity contribution < 1.29 is 23.8 Å². The number of carbonyl (C=O) groups is 2. The van der Waals surface area contributed by atoms with Gasteiger partial charge in [0.2, 0.25) is 0 Å². The lowest BCUT2D eigenvalue weighted by atomic mass is 10.1. The van der Waals surface area contributed by atoms with Crippen molar-refractivity contribution in [2.24, 2.45) is 0 Å². The third kappa shape index (κ3) is 4.87. The number of unbranched alkanes of at least 4 members (excludes halogenated alkanes) is 1. The van der Waals surface area contributed by atoms with Crippen molar-refractivity contribution >= 4 is 22.8 Å². The van der Waals surface area contributed by atoms with E-state index in [9.17, 15) is 19.5 Å². The fourth-order valence-corrected chi connectivity index (χ4v) is 2.71. The van der Waals surface area contributed by atoms with E-state index in [1.165, 1.54) is 6.92 Å². The van der Waals surface area contributed by atoms with Crippen molar-refractivity contribution in [3.05, 3.63) is 39.7 Å². The topological polar surface area (TPSA) is 106 Å². The molecule has 146 valence electrons. The molecule has 2 aromatic rings. The third-order valence-electron chi connectivity index (χ3n) is 4.57. The van der Waals surface area contributed by atoms with Crippen LogP contribution in [0.4, 0.5) is 0 Å². The van der Waals surface area contributed by atoms with Gasteiger partial charge in [0, 0.05) is 17.0 Å². The zero-order valence-electron chi connectivity index (χ0n) is 16.0. The molecule has 0 bridgehead atoms. The predicted molar refractivity (Wildman–Crippen MR) is 101 cm³/mol. The average Bonchev–Trinajstić information content (AvgIpc) is 2.62. The lowest BCUT2D eigenvalue weighted by Gasteiger charge is -2.19.